The lowest BCUT2D eigenvalue weighted by Gasteiger charge is -2.17. The van der Waals surface area contributed by atoms with Gasteiger partial charge < -0.3 is 4.57 Å². The Balaban J connectivity index is 1.29. The van der Waals surface area contributed by atoms with Crippen LogP contribution in [0.3, 0.4) is 0 Å². The van der Waals surface area contributed by atoms with Crippen molar-refractivity contribution >= 4 is 53.3 Å². The van der Waals surface area contributed by atoms with Crippen molar-refractivity contribution in [3.63, 3.8) is 0 Å². The van der Waals surface area contributed by atoms with Crippen molar-refractivity contribution < 1.29 is 0 Å². The molecule has 0 unspecified atom stereocenters. The van der Waals surface area contributed by atoms with Crippen LogP contribution in [0.5, 0.6) is 0 Å². The summed E-state index contributed by atoms with van der Waals surface area (Å²) in [5.41, 5.74) is 11.0. The molecule has 0 saturated carbocycles. The number of aromatic nitrogens is 1. The third-order valence-corrected chi connectivity index (χ3v) is 9.97. The molecule has 0 atom stereocenters. The van der Waals surface area contributed by atoms with Crippen LogP contribution >= 0.6 is 11.3 Å². The van der Waals surface area contributed by atoms with E-state index in [-0.39, 0.29) is 0 Å². The van der Waals surface area contributed by atoms with Crippen molar-refractivity contribution in [2.24, 2.45) is 0 Å². The van der Waals surface area contributed by atoms with Gasteiger partial charge in [-0.2, -0.15) is 0 Å². The highest BCUT2D eigenvalue weighted by Crippen LogP contribution is 2.43. The smallest absolute Gasteiger partial charge is 0.0547 e. The molecule has 2 heteroatoms. The van der Waals surface area contributed by atoms with E-state index in [1.54, 1.807) is 0 Å². The molecule has 7 aromatic carbocycles. The highest BCUT2D eigenvalue weighted by Gasteiger charge is 2.19. The molecule has 0 aliphatic carbocycles. The summed E-state index contributed by atoms with van der Waals surface area (Å²) in [6.45, 7) is 0. The summed E-state index contributed by atoms with van der Waals surface area (Å²) in [5, 5.41) is 5.21. The number of fused-ring (bicyclic) bond motifs is 6. The standard InChI is InChI=1S/C42H27NS/c1-2-13-28(14-3-1)31-20-12-23-39-42(31)36-19-7-10-22-38(36)43(39)37-21-9-6-17-33(37)32-16-5-4-15-30(32)29-25-26-35-34-18-8-11-24-40(34)44-41(35)27-29/h1-27H. The van der Waals surface area contributed by atoms with Crippen LogP contribution in [0.4, 0.5) is 0 Å². The average Bonchev–Trinajstić information content (AvgIpc) is 3.64. The van der Waals surface area contributed by atoms with Gasteiger partial charge in [-0.25, -0.2) is 0 Å². The summed E-state index contributed by atoms with van der Waals surface area (Å²) in [7, 11) is 0. The second-order valence-electron chi connectivity index (χ2n) is 11.3. The summed E-state index contributed by atoms with van der Waals surface area (Å²) >= 11 is 1.87. The fourth-order valence-corrected chi connectivity index (χ4v) is 8.04. The topological polar surface area (TPSA) is 4.93 Å². The molecular weight excluding hydrogens is 551 g/mol. The molecule has 0 amide bonds. The number of hydrogen-bond donors (Lipinski definition) is 0. The number of benzene rings is 7. The second kappa shape index (κ2) is 10.1. The molecule has 0 saturated heterocycles. The van der Waals surface area contributed by atoms with Crippen molar-refractivity contribution in [3.05, 3.63) is 164 Å². The van der Waals surface area contributed by atoms with Gasteiger partial charge in [0.25, 0.3) is 0 Å². The Morgan fingerprint density at radius 3 is 1.89 bits per heavy atom. The van der Waals surface area contributed by atoms with Crippen LogP contribution < -0.4 is 0 Å². The van der Waals surface area contributed by atoms with E-state index in [1.165, 1.54) is 81.0 Å². The van der Waals surface area contributed by atoms with Crippen LogP contribution in [0.15, 0.2) is 164 Å². The van der Waals surface area contributed by atoms with Crippen LogP contribution in [-0.2, 0) is 0 Å². The molecule has 9 rings (SSSR count). The maximum Gasteiger partial charge on any atom is 0.0547 e. The molecule has 0 bridgehead atoms. The molecule has 0 spiro atoms. The van der Waals surface area contributed by atoms with Crippen molar-refractivity contribution in [3.8, 4) is 39.1 Å². The fraction of sp³-hybridized carbons (Fsp3) is 0. The van der Waals surface area contributed by atoms with Crippen molar-refractivity contribution in [1.82, 2.24) is 4.57 Å². The Morgan fingerprint density at radius 2 is 1.00 bits per heavy atom. The van der Waals surface area contributed by atoms with Gasteiger partial charge in [-0.1, -0.05) is 133 Å². The summed E-state index contributed by atoms with van der Waals surface area (Å²) in [6.07, 6.45) is 0. The molecule has 1 nitrogen and oxygen atoms in total. The Morgan fingerprint density at radius 1 is 0.364 bits per heavy atom. The highest BCUT2D eigenvalue weighted by atomic mass is 32.1. The zero-order chi connectivity index (χ0) is 29.0. The van der Waals surface area contributed by atoms with Gasteiger partial charge in [0.1, 0.15) is 0 Å². The van der Waals surface area contributed by atoms with Crippen LogP contribution in [0, 0.1) is 0 Å². The van der Waals surface area contributed by atoms with Crippen molar-refractivity contribution in [1.29, 1.82) is 0 Å². The molecule has 44 heavy (non-hydrogen) atoms. The molecule has 0 radical (unpaired) electrons. The Bertz CT molecular complexity index is 2500. The number of nitrogens with zero attached hydrogens (tertiary/aromatic N) is 1. The predicted octanol–water partition coefficient (Wildman–Crippen LogP) is 12.2. The van der Waals surface area contributed by atoms with Gasteiger partial charge in [-0.15, -0.1) is 11.3 Å². The first-order valence-electron chi connectivity index (χ1n) is 15.0. The quantitative estimate of drug-likeness (QED) is 0.196. The van der Waals surface area contributed by atoms with Gasteiger partial charge in [0.05, 0.1) is 16.7 Å². The van der Waals surface area contributed by atoms with Gasteiger partial charge in [0.15, 0.2) is 0 Å². The summed E-state index contributed by atoms with van der Waals surface area (Å²) in [5.74, 6) is 0. The first kappa shape index (κ1) is 25.1. The van der Waals surface area contributed by atoms with Crippen molar-refractivity contribution in [2.75, 3.05) is 0 Å². The van der Waals surface area contributed by atoms with E-state index in [0.29, 0.717) is 0 Å². The Labute approximate surface area is 259 Å². The molecule has 2 heterocycles. The monoisotopic (exact) mass is 577 g/mol. The molecule has 9 aromatic rings. The zero-order valence-corrected chi connectivity index (χ0v) is 24.8. The van der Waals surface area contributed by atoms with Gasteiger partial charge in [-0.3, -0.25) is 0 Å². The minimum Gasteiger partial charge on any atom is -0.309 e. The van der Waals surface area contributed by atoms with E-state index < -0.39 is 0 Å². The zero-order valence-electron chi connectivity index (χ0n) is 23.9. The molecule has 0 fully saturated rings. The van der Waals surface area contributed by atoms with Gasteiger partial charge in [0.2, 0.25) is 0 Å². The number of thiophene rings is 1. The molecule has 206 valence electrons. The lowest BCUT2D eigenvalue weighted by atomic mass is 9.93. The van der Waals surface area contributed by atoms with Crippen LogP contribution in [0.25, 0.3) is 81.0 Å². The molecule has 0 aliphatic heterocycles. The van der Waals surface area contributed by atoms with Crippen molar-refractivity contribution in [2.45, 2.75) is 0 Å². The first-order chi connectivity index (χ1) is 21.8. The van der Waals surface area contributed by atoms with Gasteiger partial charge in [-0.05, 0) is 58.1 Å². The summed E-state index contributed by atoms with van der Waals surface area (Å²) in [4.78, 5) is 0. The fourth-order valence-electron chi connectivity index (χ4n) is 6.90. The SMILES string of the molecule is c1ccc(-c2cccc3c2c2ccccc2n3-c2ccccc2-c2ccccc2-c2ccc3c(c2)sc2ccccc23)cc1. The highest BCUT2D eigenvalue weighted by molar-refractivity contribution is 7.25. The largest absolute Gasteiger partial charge is 0.309 e. The predicted molar refractivity (Wildman–Crippen MR) is 190 cm³/mol. The summed E-state index contributed by atoms with van der Waals surface area (Å²) in [6, 6.07) is 59.6. The molecular formula is C42H27NS. The normalized spacial score (nSPS) is 11.6. The molecule has 0 aliphatic rings. The van der Waals surface area contributed by atoms with E-state index in [2.05, 4.69) is 168 Å². The number of hydrogen-bond acceptors (Lipinski definition) is 1. The average molecular weight is 578 g/mol. The third kappa shape index (κ3) is 3.85. The maximum absolute atomic E-state index is 2.46. The maximum atomic E-state index is 2.46. The number of para-hydroxylation sites is 2. The minimum atomic E-state index is 1.18. The van der Waals surface area contributed by atoms with E-state index >= 15 is 0 Å². The first-order valence-corrected chi connectivity index (χ1v) is 15.8. The summed E-state index contributed by atoms with van der Waals surface area (Å²) < 4.78 is 5.11. The van der Waals surface area contributed by atoms with Crippen LogP contribution in [0.2, 0.25) is 0 Å². The Hall–Kier alpha value is -5.44. The lowest BCUT2D eigenvalue weighted by molar-refractivity contribution is 1.18. The van der Waals surface area contributed by atoms with E-state index in [4.69, 9.17) is 0 Å². The third-order valence-electron chi connectivity index (χ3n) is 8.83. The van der Waals surface area contributed by atoms with E-state index in [1.807, 2.05) is 11.3 Å². The molecule has 0 N–H and O–H groups in total. The van der Waals surface area contributed by atoms with E-state index in [9.17, 15) is 0 Å². The van der Waals surface area contributed by atoms with E-state index in [0.717, 1.165) is 0 Å². The van der Waals surface area contributed by atoms with Gasteiger partial charge >= 0.3 is 0 Å². The second-order valence-corrected chi connectivity index (χ2v) is 12.4. The Kier molecular flexibility index (Phi) is 5.75. The lowest BCUT2D eigenvalue weighted by Crippen LogP contribution is -1.98. The molecule has 2 aromatic heterocycles. The van der Waals surface area contributed by atoms with Gasteiger partial charge in [0, 0.05) is 36.5 Å². The van der Waals surface area contributed by atoms with Crippen LogP contribution in [0.1, 0.15) is 0 Å². The minimum absolute atomic E-state index is 1.18. The van der Waals surface area contributed by atoms with Crippen LogP contribution in [-0.4, -0.2) is 4.57 Å². The number of rotatable bonds is 4.